The minimum Gasteiger partial charge on any atom is -0.481 e. The Bertz CT molecular complexity index is 937. The summed E-state index contributed by atoms with van der Waals surface area (Å²) in [4.78, 5) is 11.2. The van der Waals surface area contributed by atoms with Crippen LogP contribution in [0, 0.1) is 5.92 Å². The molecule has 0 saturated carbocycles. The average molecular weight is 331 g/mol. The predicted molar refractivity (Wildman–Crippen MR) is 100 cm³/mol. The Kier molecular flexibility index (Phi) is 4.14. The summed E-state index contributed by atoms with van der Waals surface area (Å²) >= 11 is 0. The summed E-state index contributed by atoms with van der Waals surface area (Å²) in [7, 11) is 0. The van der Waals surface area contributed by atoms with Gasteiger partial charge < -0.3 is 9.67 Å². The number of nitrogens with zero attached hydrogens (tertiary/aromatic N) is 1. The zero-order valence-corrected chi connectivity index (χ0v) is 14.1. The quantitative estimate of drug-likeness (QED) is 0.734. The summed E-state index contributed by atoms with van der Waals surface area (Å²) < 4.78 is 2.30. The van der Waals surface area contributed by atoms with Crippen LogP contribution in [-0.2, 0) is 11.3 Å². The zero-order valence-electron chi connectivity index (χ0n) is 14.1. The fraction of sp³-hybridized carbons (Fsp3) is 0.227. The summed E-state index contributed by atoms with van der Waals surface area (Å²) in [6.45, 7) is 0.840. The third kappa shape index (κ3) is 3.10. The van der Waals surface area contributed by atoms with Crippen molar-refractivity contribution in [2.24, 2.45) is 5.92 Å². The van der Waals surface area contributed by atoms with Crippen molar-refractivity contribution in [1.29, 1.82) is 0 Å². The van der Waals surface area contributed by atoms with Crippen molar-refractivity contribution < 1.29 is 9.90 Å². The molecule has 4 rings (SSSR count). The van der Waals surface area contributed by atoms with Crippen molar-refractivity contribution in [1.82, 2.24) is 4.57 Å². The van der Waals surface area contributed by atoms with Gasteiger partial charge in [0.25, 0.3) is 0 Å². The van der Waals surface area contributed by atoms with Gasteiger partial charge in [0.1, 0.15) is 0 Å². The van der Waals surface area contributed by atoms with Gasteiger partial charge >= 0.3 is 5.97 Å². The van der Waals surface area contributed by atoms with E-state index in [9.17, 15) is 9.90 Å². The van der Waals surface area contributed by atoms with Gasteiger partial charge in [0.2, 0.25) is 0 Å². The van der Waals surface area contributed by atoms with E-state index < -0.39 is 5.97 Å². The van der Waals surface area contributed by atoms with Crippen LogP contribution < -0.4 is 0 Å². The third-order valence-electron chi connectivity index (χ3n) is 5.09. The third-order valence-corrected chi connectivity index (χ3v) is 5.09. The van der Waals surface area contributed by atoms with E-state index in [0.717, 1.165) is 19.4 Å². The Balaban J connectivity index is 1.72. The van der Waals surface area contributed by atoms with Gasteiger partial charge in [-0.05, 0) is 36.5 Å². The molecule has 3 nitrogen and oxygen atoms in total. The lowest BCUT2D eigenvalue weighted by atomic mass is 9.86. The topological polar surface area (TPSA) is 42.2 Å². The molecule has 0 spiro atoms. The summed E-state index contributed by atoms with van der Waals surface area (Å²) in [5, 5.41) is 10.5. The molecule has 3 heteroatoms. The maximum Gasteiger partial charge on any atom is 0.306 e. The Labute approximate surface area is 147 Å². The Hall–Kier alpha value is -2.81. The fourth-order valence-electron chi connectivity index (χ4n) is 3.72. The van der Waals surface area contributed by atoms with E-state index in [1.165, 1.54) is 27.6 Å². The van der Waals surface area contributed by atoms with Gasteiger partial charge in [0.05, 0.1) is 5.92 Å². The van der Waals surface area contributed by atoms with E-state index in [1.807, 2.05) is 6.07 Å². The molecule has 0 aliphatic heterocycles. The molecule has 1 aromatic heterocycles. The molecular weight excluding hydrogens is 310 g/mol. The van der Waals surface area contributed by atoms with Gasteiger partial charge in [-0.2, -0.15) is 0 Å². The van der Waals surface area contributed by atoms with E-state index in [-0.39, 0.29) is 5.92 Å². The highest BCUT2D eigenvalue weighted by Crippen LogP contribution is 2.35. The normalized spacial score (nSPS) is 17.4. The van der Waals surface area contributed by atoms with Crippen LogP contribution in [0.4, 0.5) is 0 Å². The molecule has 0 amide bonds. The molecule has 0 bridgehead atoms. The first-order chi connectivity index (χ1) is 12.2. The van der Waals surface area contributed by atoms with E-state index >= 15 is 0 Å². The second kappa shape index (κ2) is 6.60. The Morgan fingerprint density at radius 3 is 2.56 bits per heavy atom. The summed E-state index contributed by atoms with van der Waals surface area (Å²) in [6.07, 6.45) is 6.53. The van der Waals surface area contributed by atoms with Gasteiger partial charge in [-0.25, -0.2) is 0 Å². The molecule has 1 unspecified atom stereocenters. The second-order valence-corrected chi connectivity index (χ2v) is 6.71. The number of carbonyl (C=O) groups is 1. The van der Waals surface area contributed by atoms with E-state index in [2.05, 4.69) is 65.4 Å². The first-order valence-corrected chi connectivity index (χ1v) is 8.76. The highest BCUT2D eigenvalue weighted by atomic mass is 16.4. The lowest BCUT2D eigenvalue weighted by Gasteiger charge is -2.18. The standard InChI is InChI=1S/C22H21NO2/c24-22(25)18-12-10-17(11-13-18)20-15-23(14-16-6-2-1-3-7-16)21-9-5-4-8-19(20)21/h1-10,15,18H,11-14H2,(H,24,25). The maximum atomic E-state index is 11.2. The molecule has 2 aromatic carbocycles. The van der Waals surface area contributed by atoms with Gasteiger partial charge in [-0.15, -0.1) is 0 Å². The van der Waals surface area contributed by atoms with Gasteiger partial charge in [-0.3, -0.25) is 4.79 Å². The number of fused-ring (bicyclic) bond motifs is 1. The van der Waals surface area contributed by atoms with Crippen molar-refractivity contribution >= 4 is 22.4 Å². The molecule has 0 fully saturated rings. The molecule has 3 aromatic rings. The van der Waals surface area contributed by atoms with Crippen LogP contribution in [-0.4, -0.2) is 15.6 Å². The Morgan fingerprint density at radius 1 is 1.08 bits per heavy atom. The van der Waals surface area contributed by atoms with E-state index in [0.29, 0.717) is 6.42 Å². The van der Waals surface area contributed by atoms with Crippen molar-refractivity contribution in [2.45, 2.75) is 25.8 Å². The predicted octanol–water partition coefficient (Wildman–Crippen LogP) is 4.96. The van der Waals surface area contributed by atoms with Crippen molar-refractivity contribution in [3.8, 4) is 0 Å². The van der Waals surface area contributed by atoms with Crippen LogP contribution in [0.2, 0.25) is 0 Å². The minimum absolute atomic E-state index is 0.235. The first-order valence-electron chi connectivity index (χ1n) is 8.76. The monoisotopic (exact) mass is 331 g/mol. The number of carboxylic acids is 1. The molecule has 25 heavy (non-hydrogen) atoms. The highest BCUT2D eigenvalue weighted by Gasteiger charge is 2.22. The SMILES string of the molecule is O=C(O)C1CC=C(c2cn(Cc3ccccc3)c3ccccc23)CC1. The van der Waals surface area contributed by atoms with Crippen LogP contribution in [0.5, 0.6) is 0 Å². The maximum absolute atomic E-state index is 11.2. The fourth-order valence-corrected chi connectivity index (χ4v) is 3.72. The lowest BCUT2D eigenvalue weighted by Crippen LogP contribution is -2.15. The van der Waals surface area contributed by atoms with Crippen LogP contribution in [0.3, 0.4) is 0 Å². The summed E-state index contributed by atoms with van der Waals surface area (Å²) in [5.41, 5.74) is 5.02. The van der Waals surface area contributed by atoms with Crippen molar-refractivity contribution in [3.63, 3.8) is 0 Å². The van der Waals surface area contributed by atoms with Crippen molar-refractivity contribution in [2.75, 3.05) is 0 Å². The molecule has 1 aliphatic carbocycles. The highest BCUT2D eigenvalue weighted by molar-refractivity contribution is 5.93. The first kappa shape index (κ1) is 15.7. The number of hydrogen-bond donors (Lipinski definition) is 1. The molecular formula is C22H21NO2. The molecule has 1 aliphatic rings. The number of allylic oxidation sites excluding steroid dienone is 2. The van der Waals surface area contributed by atoms with Crippen LogP contribution >= 0.6 is 0 Å². The molecule has 0 radical (unpaired) electrons. The van der Waals surface area contributed by atoms with Crippen LogP contribution in [0.1, 0.15) is 30.4 Å². The number of benzene rings is 2. The molecule has 126 valence electrons. The van der Waals surface area contributed by atoms with Gasteiger partial charge in [0, 0.05) is 29.2 Å². The number of aliphatic carboxylic acids is 1. The Morgan fingerprint density at radius 2 is 1.84 bits per heavy atom. The largest absolute Gasteiger partial charge is 0.481 e. The number of rotatable bonds is 4. The van der Waals surface area contributed by atoms with Gasteiger partial charge in [0.15, 0.2) is 0 Å². The van der Waals surface area contributed by atoms with Crippen LogP contribution in [0.25, 0.3) is 16.5 Å². The number of carboxylic acid groups (broad SMARTS) is 1. The zero-order chi connectivity index (χ0) is 17.2. The minimum atomic E-state index is -0.679. The molecule has 1 heterocycles. The van der Waals surface area contributed by atoms with Gasteiger partial charge in [-0.1, -0.05) is 54.6 Å². The summed E-state index contributed by atoms with van der Waals surface area (Å²) in [6, 6.07) is 18.9. The lowest BCUT2D eigenvalue weighted by molar-refractivity contribution is -0.141. The molecule has 1 N–H and O–H groups in total. The number of hydrogen-bond acceptors (Lipinski definition) is 1. The van der Waals surface area contributed by atoms with Crippen molar-refractivity contribution in [3.05, 3.63) is 78.0 Å². The van der Waals surface area contributed by atoms with E-state index in [1.54, 1.807) is 0 Å². The average Bonchev–Trinajstić information content (AvgIpc) is 3.01. The molecule has 1 atom stereocenters. The van der Waals surface area contributed by atoms with E-state index in [4.69, 9.17) is 0 Å². The second-order valence-electron chi connectivity index (χ2n) is 6.71. The smallest absolute Gasteiger partial charge is 0.306 e. The van der Waals surface area contributed by atoms with Crippen LogP contribution in [0.15, 0.2) is 66.9 Å². The number of para-hydroxylation sites is 1. The summed E-state index contributed by atoms with van der Waals surface area (Å²) in [5.74, 6) is -0.914. The number of aromatic nitrogens is 1. The molecule has 0 saturated heterocycles.